The van der Waals surface area contributed by atoms with Crippen LogP contribution in [-0.2, 0) is 4.74 Å². The average Bonchev–Trinajstić information content (AvgIpc) is 2.47. The van der Waals surface area contributed by atoms with Crippen molar-refractivity contribution >= 4 is 17.3 Å². The van der Waals surface area contributed by atoms with E-state index in [0.717, 1.165) is 0 Å². The Hall–Kier alpha value is -2.23. The summed E-state index contributed by atoms with van der Waals surface area (Å²) in [5.41, 5.74) is 5.12. The molecule has 1 aliphatic rings. The van der Waals surface area contributed by atoms with Crippen LogP contribution in [0, 0.1) is 10.1 Å². The molecule has 1 fully saturated rings. The second-order valence-electron chi connectivity index (χ2n) is 4.17. The van der Waals surface area contributed by atoms with Crippen molar-refractivity contribution in [2.24, 2.45) is 5.84 Å². The fraction of sp³-hybridized carbons (Fsp3) is 0.364. The van der Waals surface area contributed by atoms with Crippen molar-refractivity contribution in [2.45, 2.75) is 0 Å². The summed E-state index contributed by atoms with van der Waals surface area (Å²) in [6.07, 6.45) is 0. The Morgan fingerprint density at radius 2 is 2.10 bits per heavy atom. The Labute approximate surface area is 114 Å². The van der Waals surface area contributed by atoms with Crippen LogP contribution < -0.4 is 16.7 Å². The SMILES string of the molecule is NNc1cc(C(=O)NN2CCOCC2)ccc1[N+](=O)[O-]. The van der Waals surface area contributed by atoms with Crippen LogP contribution in [0.15, 0.2) is 18.2 Å². The first kappa shape index (κ1) is 14.2. The molecule has 0 bridgehead atoms. The minimum Gasteiger partial charge on any atom is -0.379 e. The van der Waals surface area contributed by atoms with E-state index >= 15 is 0 Å². The van der Waals surface area contributed by atoms with Gasteiger partial charge in [0.25, 0.3) is 11.6 Å². The molecule has 1 heterocycles. The van der Waals surface area contributed by atoms with Crippen LogP contribution in [0.25, 0.3) is 0 Å². The predicted molar refractivity (Wildman–Crippen MR) is 70.8 cm³/mol. The molecule has 4 N–H and O–H groups in total. The summed E-state index contributed by atoms with van der Waals surface area (Å²) in [6, 6.07) is 3.96. The number of nitro groups is 1. The Morgan fingerprint density at radius 3 is 2.70 bits per heavy atom. The van der Waals surface area contributed by atoms with Gasteiger partial charge in [0.1, 0.15) is 5.69 Å². The van der Waals surface area contributed by atoms with Gasteiger partial charge in [-0.1, -0.05) is 0 Å². The second-order valence-corrected chi connectivity index (χ2v) is 4.17. The number of amides is 1. The summed E-state index contributed by atoms with van der Waals surface area (Å²) in [6.45, 7) is 2.30. The van der Waals surface area contributed by atoms with Crippen molar-refractivity contribution in [2.75, 3.05) is 31.7 Å². The highest BCUT2D eigenvalue weighted by Gasteiger charge is 2.18. The minimum absolute atomic E-state index is 0.0876. The number of carbonyl (C=O) groups excluding carboxylic acids is 1. The van der Waals surface area contributed by atoms with Crippen LogP contribution in [0.4, 0.5) is 11.4 Å². The number of hydrazine groups is 2. The molecule has 9 nitrogen and oxygen atoms in total. The maximum absolute atomic E-state index is 12.0. The number of rotatable bonds is 4. The first-order chi connectivity index (χ1) is 9.61. The largest absolute Gasteiger partial charge is 0.379 e. The molecular weight excluding hydrogens is 266 g/mol. The second kappa shape index (κ2) is 6.28. The first-order valence-corrected chi connectivity index (χ1v) is 6.00. The summed E-state index contributed by atoms with van der Waals surface area (Å²) >= 11 is 0. The van der Waals surface area contributed by atoms with Crippen LogP contribution in [0.2, 0.25) is 0 Å². The lowest BCUT2D eigenvalue weighted by Gasteiger charge is -2.26. The summed E-state index contributed by atoms with van der Waals surface area (Å²) in [7, 11) is 0. The fourth-order valence-electron chi connectivity index (χ4n) is 1.84. The molecule has 2 rings (SSSR count). The molecule has 0 spiro atoms. The van der Waals surface area contributed by atoms with Gasteiger partial charge in [-0.3, -0.25) is 26.2 Å². The van der Waals surface area contributed by atoms with E-state index in [4.69, 9.17) is 10.6 Å². The Bertz CT molecular complexity index is 516. The highest BCUT2D eigenvalue weighted by Crippen LogP contribution is 2.24. The molecule has 1 saturated heterocycles. The molecule has 0 aromatic heterocycles. The van der Waals surface area contributed by atoms with Crippen molar-refractivity contribution in [3.8, 4) is 0 Å². The number of morpholine rings is 1. The van der Waals surface area contributed by atoms with E-state index in [1.807, 2.05) is 0 Å². The third-order valence-electron chi connectivity index (χ3n) is 2.88. The zero-order chi connectivity index (χ0) is 14.5. The van der Waals surface area contributed by atoms with E-state index in [0.29, 0.717) is 26.3 Å². The van der Waals surface area contributed by atoms with Crippen LogP contribution in [0.3, 0.4) is 0 Å². The zero-order valence-electron chi connectivity index (χ0n) is 10.7. The lowest BCUT2D eigenvalue weighted by atomic mass is 10.1. The van der Waals surface area contributed by atoms with E-state index in [1.165, 1.54) is 18.2 Å². The van der Waals surface area contributed by atoms with E-state index < -0.39 is 4.92 Å². The number of nitro benzene ring substituents is 1. The van der Waals surface area contributed by atoms with Gasteiger partial charge in [-0.2, -0.15) is 0 Å². The number of ether oxygens (including phenoxy) is 1. The van der Waals surface area contributed by atoms with Crippen molar-refractivity contribution < 1.29 is 14.5 Å². The van der Waals surface area contributed by atoms with Gasteiger partial charge in [-0.25, -0.2) is 5.01 Å². The molecule has 1 aliphatic heterocycles. The number of hydrogen-bond donors (Lipinski definition) is 3. The Kier molecular flexibility index (Phi) is 4.45. The van der Waals surface area contributed by atoms with Crippen LogP contribution in [0.5, 0.6) is 0 Å². The molecule has 20 heavy (non-hydrogen) atoms. The smallest absolute Gasteiger partial charge is 0.293 e. The van der Waals surface area contributed by atoms with Crippen molar-refractivity contribution in [1.82, 2.24) is 10.4 Å². The number of benzene rings is 1. The van der Waals surface area contributed by atoms with E-state index in [1.54, 1.807) is 5.01 Å². The Morgan fingerprint density at radius 1 is 1.40 bits per heavy atom. The molecule has 0 atom stereocenters. The number of nitrogens with one attached hydrogen (secondary N) is 2. The molecule has 1 aromatic carbocycles. The Balaban J connectivity index is 2.11. The molecule has 1 aromatic rings. The molecule has 1 amide bonds. The van der Waals surface area contributed by atoms with Gasteiger partial charge in [0.05, 0.1) is 18.1 Å². The lowest BCUT2D eigenvalue weighted by Crippen LogP contribution is -2.48. The van der Waals surface area contributed by atoms with Crippen LogP contribution >= 0.6 is 0 Å². The highest BCUT2D eigenvalue weighted by atomic mass is 16.6. The fourth-order valence-corrected chi connectivity index (χ4v) is 1.84. The third kappa shape index (κ3) is 3.20. The lowest BCUT2D eigenvalue weighted by molar-refractivity contribution is -0.384. The average molecular weight is 281 g/mol. The minimum atomic E-state index is -0.571. The van der Waals surface area contributed by atoms with E-state index in [-0.39, 0.29) is 22.8 Å². The standard InChI is InChI=1S/C11H15N5O4/c12-13-9-7-8(1-2-10(9)16(18)19)11(17)14-15-3-5-20-6-4-15/h1-2,7,13H,3-6,12H2,(H,14,17). The molecule has 0 aliphatic carbocycles. The number of nitrogens with two attached hydrogens (primary N) is 1. The third-order valence-corrected chi connectivity index (χ3v) is 2.88. The van der Waals surface area contributed by atoms with E-state index in [2.05, 4.69) is 10.9 Å². The predicted octanol–water partition coefficient (Wildman–Crippen LogP) is -0.143. The molecular formula is C11H15N5O4. The molecule has 0 saturated carbocycles. The van der Waals surface area contributed by atoms with Crippen LogP contribution in [-0.4, -0.2) is 42.1 Å². The van der Waals surface area contributed by atoms with Gasteiger partial charge in [-0.15, -0.1) is 0 Å². The normalized spacial score (nSPS) is 15.7. The van der Waals surface area contributed by atoms with Gasteiger partial charge in [0.15, 0.2) is 0 Å². The van der Waals surface area contributed by atoms with Crippen molar-refractivity contribution in [3.63, 3.8) is 0 Å². The number of nitrogen functional groups attached to an aromatic ring is 1. The van der Waals surface area contributed by atoms with Gasteiger partial charge in [0.2, 0.25) is 0 Å². The highest BCUT2D eigenvalue weighted by molar-refractivity contribution is 5.95. The van der Waals surface area contributed by atoms with Crippen molar-refractivity contribution in [1.29, 1.82) is 0 Å². The van der Waals surface area contributed by atoms with Gasteiger partial charge in [-0.05, 0) is 12.1 Å². The van der Waals surface area contributed by atoms with Crippen LogP contribution in [0.1, 0.15) is 10.4 Å². The maximum Gasteiger partial charge on any atom is 0.293 e. The number of carbonyl (C=O) groups is 1. The number of nitrogens with zero attached hydrogens (tertiary/aromatic N) is 2. The first-order valence-electron chi connectivity index (χ1n) is 6.00. The van der Waals surface area contributed by atoms with Crippen molar-refractivity contribution in [3.05, 3.63) is 33.9 Å². The monoisotopic (exact) mass is 281 g/mol. The molecule has 0 unspecified atom stereocenters. The number of hydrogen-bond acceptors (Lipinski definition) is 7. The number of anilines is 1. The summed E-state index contributed by atoms with van der Waals surface area (Å²) in [5, 5.41) is 12.5. The zero-order valence-corrected chi connectivity index (χ0v) is 10.7. The maximum atomic E-state index is 12.0. The summed E-state index contributed by atoms with van der Waals surface area (Å²) < 4.78 is 5.17. The van der Waals surface area contributed by atoms with Gasteiger partial charge in [0, 0.05) is 24.7 Å². The summed E-state index contributed by atoms with van der Waals surface area (Å²) in [5.74, 6) is 4.88. The summed E-state index contributed by atoms with van der Waals surface area (Å²) in [4.78, 5) is 22.2. The quantitative estimate of drug-likeness (QED) is 0.398. The van der Waals surface area contributed by atoms with E-state index in [9.17, 15) is 14.9 Å². The van der Waals surface area contributed by atoms with Gasteiger partial charge >= 0.3 is 0 Å². The molecule has 9 heteroatoms. The molecule has 0 radical (unpaired) electrons. The topological polar surface area (TPSA) is 123 Å². The van der Waals surface area contributed by atoms with Gasteiger partial charge < -0.3 is 10.2 Å². The molecule has 108 valence electrons.